The first-order valence-electron chi connectivity index (χ1n) is 18.5. The lowest BCUT2D eigenvalue weighted by Crippen LogP contribution is -2.63. The predicted octanol–water partition coefficient (Wildman–Crippen LogP) is 4.77. The van der Waals surface area contributed by atoms with Gasteiger partial charge in [0.1, 0.15) is 18.6 Å². The normalized spacial score (nSPS) is 28.4. The maximum absolute atomic E-state index is 15.4. The summed E-state index contributed by atoms with van der Waals surface area (Å²) in [6.07, 6.45) is -3.93. The SMILES string of the molecule is CN1CCC2C1CN2C(=O)c1nn2c(c1Cl)CN(c1nc(OC[C@@]34CCCN3C[C@H](F)C4)nc3c1CO[C@H](c1c(C(F)(F)F)ccc(N)c1F)C3)CCC2. The number of carbonyl (C=O) groups is 1. The summed E-state index contributed by atoms with van der Waals surface area (Å²) in [5.41, 5.74) is 4.63. The average Bonchev–Trinajstić information content (AvgIpc) is 3.77. The molecule has 0 radical (unpaired) electrons. The van der Waals surface area contributed by atoms with Crippen molar-refractivity contribution in [3.8, 4) is 6.01 Å². The van der Waals surface area contributed by atoms with Gasteiger partial charge in [-0.3, -0.25) is 19.3 Å². The number of nitrogen functional groups attached to an aromatic ring is 1. The molecule has 0 aliphatic carbocycles. The average molecular weight is 778 g/mol. The fourth-order valence-electron chi connectivity index (χ4n) is 9.54. The molecule has 0 spiro atoms. The molecule has 0 bridgehead atoms. The fourth-order valence-corrected chi connectivity index (χ4v) is 9.82. The molecular weight excluding hydrogens is 737 g/mol. The molecule has 9 rings (SSSR count). The number of rotatable bonds is 6. The van der Waals surface area contributed by atoms with Gasteiger partial charge in [-0.15, -0.1) is 0 Å². The Morgan fingerprint density at radius 1 is 1.13 bits per heavy atom. The molecule has 2 N–H and O–H groups in total. The van der Waals surface area contributed by atoms with Crippen molar-refractivity contribution < 1.29 is 36.2 Å². The van der Waals surface area contributed by atoms with E-state index in [2.05, 4.69) is 26.9 Å². The highest BCUT2D eigenvalue weighted by molar-refractivity contribution is 6.34. The van der Waals surface area contributed by atoms with Gasteiger partial charge in [0.15, 0.2) is 11.5 Å². The number of halogens is 6. The standard InChI is InChI=1S/C36H41ClF5N9O3/c1-47-11-6-24-25(47)16-50(24)33(52)31-29(37)26-15-48(8-3-10-51(26)46-31)32-20-17-53-27(28-21(36(40,41)42)4-5-22(43)30(28)39)12-23(20)44-34(45-32)54-18-35-7-2-9-49(35)14-19(38)13-35/h4-5,19,24-25,27H,2-3,6-18,43H2,1H3/t19-,24?,25?,27+,35+/m1/s1. The molecule has 12 nitrogen and oxygen atoms in total. The molecule has 6 aliphatic heterocycles. The van der Waals surface area contributed by atoms with Gasteiger partial charge in [0.05, 0.1) is 58.5 Å². The first kappa shape index (κ1) is 35.9. The number of nitrogens with two attached hydrogens (primary N) is 1. The zero-order valence-electron chi connectivity index (χ0n) is 29.7. The smallest absolute Gasteiger partial charge is 0.416 e. The second-order valence-corrected chi connectivity index (χ2v) is 15.9. The van der Waals surface area contributed by atoms with Crippen LogP contribution in [-0.4, -0.2) is 111 Å². The zero-order valence-corrected chi connectivity index (χ0v) is 30.5. The van der Waals surface area contributed by atoms with Crippen LogP contribution in [0.5, 0.6) is 6.01 Å². The first-order valence-corrected chi connectivity index (χ1v) is 18.9. The van der Waals surface area contributed by atoms with Crippen molar-refractivity contribution in [2.45, 2.75) is 94.3 Å². The van der Waals surface area contributed by atoms with Crippen molar-refractivity contribution in [2.75, 3.05) is 57.0 Å². The number of hydrogen-bond acceptors (Lipinski definition) is 10. The lowest BCUT2D eigenvalue weighted by atomic mass is 9.94. The van der Waals surface area contributed by atoms with E-state index in [0.717, 1.165) is 44.5 Å². The molecule has 4 saturated heterocycles. The lowest BCUT2D eigenvalue weighted by Gasteiger charge is -2.45. The Labute approximate surface area is 313 Å². The van der Waals surface area contributed by atoms with Crippen molar-refractivity contribution >= 4 is 29.0 Å². The van der Waals surface area contributed by atoms with Gasteiger partial charge in [0.2, 0.25) is 0 Å². The minimum absolute atomic E-state index is 0.0226. The second kappa shape index (κ2) is 13.2. The third kappa shape index (κ3) is 5.87. The highest BCUT2D eigenvalue weighted by atomic mass is 35.5. The van der Waals surface area contributed by atoms with Crippen molar-refractivity contribution in [3.63, 3.8) is 0 Å². The third-order valence-corrected chi connectivity index (χ3v) is 12.8. The van der Waals surface area contributed by atoms with Gasteiger partial charge >= 0.3 is 12.2 Å². The molecule has 1 amide bonds. The molecule has 0 saturated carbocycles. The molecule has 6 aliphatic rings. The number of alkyl halides is 4. The van der Waals surface area contributed by atoms with Crippen molar-refractivity contribution in [1.29, 1.82) is 0 Å². The molecule has 1 aromatic carbocycles. The van der Waals surface area contributed by atoms with E-state index in [0.29, 0.717) is 67.8 Å². The van der Waals surface area contributed by atoms with E-state index in [9.17, 15) is 22.4 Å². The molecule has 290 valence electrons. The molecule has 5 atom stereocenters. The van der Waals surface area contributed by atoms with Gasteiger partial charge in [-0.05, 0) is 51.4 Å². The van der Waals surface area contributed by atoms with Crippen molar-refractivity contribution in [3.05, 3.63) is 56.7 Å². The van der Waals surface area contributed by atoms with Crippen LogP contribution in [0.2, 0.25) is 5.02 Å². The minimum Gasteiger partial charge on any atom is -0.461 e. The number of benzene rings is 1. The van der Waals surface area contributed by atoms with Crippen LogP contribution in [0.1, 0.15) is 76.8 Å². The van der Waals surface area contributed by atoms with E-state index in [4.69, 9.17) is 31.8 Å². The number of amides is 1. The van der Waals surface area contributed by atoms with Crippen molar-refractivity contribution in [1.82, 2.24) is 34.4 Å². The van der Waals surface area contributed by atoms with Gasteiger partial charge in [0, 0.05) is 62.7 Å². The van der Waals surface area contributed by atoms with E-state index in [1.54, 1.807) is 4.68 Å². The summed E-state index contributed by atoms with van der Waals surface area (Å²) in [7, 11) is 2.06. The summed E-state index contributed by atoms with van der Waals surface area (Å²) < 4.78 is 86.6. The number of likely N-dealkylation sites (tertiary alicyclic amines) is 2. The monoisotopic (exact) mass is 777 g/mol. The minimum atomic E-state index is -4.86. The van der Waals surface area contributed by atoms with Crippen LogP contribution in [-0.2, 0) is 37.0 Å². The maximum Gasteiger partial charge on any atom is 0.416 e. The quantitative estimate of drug-likeness (QED) is 0.277. The number of carbonyl (C=O) groups excluding carboxylic acids is 1. The third-order valence-electron chi connectivity index (χ3n) is 12.4. The number of hydrogen-bond donors (Lipinski definition) is 1. The largest absolute Gasteiger partial charge is 0.461 e. The fraction of sp³-hybridized carbons (Fsp3) is 0.611. The number of fused-ring (bicyclic) bond motifs is 4. The Bertz CT molecular complexity index is 2000. The number of anilines is 2. The van der Waals surface area contributed by atoms with Gasteiger partial charge in [0.25, 0.3) is 5.91 Å². The van der Waals surface area contributed by atoms with Gasteiger partial charge < -0.3 is 25.0 Å². The van der Waals surface area contributed by atoms with Crippen LogP contribution in [0.4, 0.5) is 33.5 Å². The predicted molar refractivity (Wildman–Crippen MR) is 186 cm³/mol. The second-order valence-electron chi connectivity index (χ2n) is 15.5. The molecule has 2 unspecified atom stereocenters. The number of aryl methyl sites for hydroxylation is 1. The number of nitrogens with zero attached hydrogens (tertiary/aromatic N) is 8. The Morgan fingerprint density at radius 3 is 2.76 bits per heavy atom. The Balaban J connectivity index is 1.05. The van der Waals surface area contributed by atoms with Crippen LogP contribution in [0.3, 0.4) is 0 Å². The number of likely N-dealkylation sites (N-methyl/N-ethyl adjacent to an activating group) is 1. The topological polar surface area (TPSA) is 118 Å². The van der Waals surface area contributed by atoms with E-state index in [-0.39, 0.29) is 54.9 Å². The summed E-state index contributed by atoms with van der Waals surface area (Å²) in [6.45, 7) is 3.73. The highest BCUT2D eigenvalue weighted by Gasteiger charge is 2.50. The first-order chi connectivity index (χ1) is 25.8. The Hall–Kier alpha value is -3.80. The maximum atomic E-state index is 15.4. The molecule has 18 heteroatoms. The summed E-state index contributed by atoms with van der Waals surface area (Å²) in [4.78, 5) is 31.4. The van der Waals surface area contributed by atoms with Crippen LogP contribution >= 0.6 is 11.6 Å². The van der Waals surface area contributed by atoms with Gasteiger partial charge in [-0.1, -0.05) is 11.6 Å². The Kier molecular flexibility index (Phi) is 8.74. The summed E-state index contributed by atoms with van der Waals surface area (Å²) in [5, 5.41) is 4.94. The number of ether oxygens (including phenoxy) is 2. The van der Waals surface area contributed by atoms with Crippen LogP contribution < -0.4 is 15.4 Å². The van der Waals surface area contributed by atoms with E-state index in [1.807, 2.05) is 9.80 Å². The van der Waals surface area contributed by atoms with Gasteiger partial charge in [-0.25, -0.2) is 8.78 Å². The van der Waals surface area contributed by atoms with E-state index in [1.165, 1.54) is 0 Å². The van der Waals surface area contributed by atoms with Gasteiger partial charge in [-0.2, -0.15) is 28.2 Å². The molecular formula is C36H41ClF5N9O3. The van der Waals surface area contributed by atoms with E-state index >= 15 is 4.39 Å². The Morgan fingerprint density at radius 2 is 1.96 bits per heavy atom. The number of aromatic nitrogens is 4. The summed E-state index contributed by atoms with van der Waals surface area (Å²) >= 11 is 6.96. The van der Waals surface area contributed by atoms with Crippen LogP contribution in [0.25, 0.3) is 0 Å². The van der Waals surface area contributed by atoms with E-state index < -0.39 is 46.6 Å². The molecule has 3 aromatic rings. The molecule has 2 aromatic heterocycles. The zero-order chi connectivity index (χ0) is 37.7. The van der Waals surface area contributed by atoms with Crippen LogP contribution in [0.15, 0.2) is 12.1 Å². The highest BCUT2D eigenvalue weighted by Crippen LogP contribution is 2.44. The molecule has 4 fully saturated rings. The van der Waals surface area contributed by atoms with Crippen LogP contribution in [0, 0.1) is 5.82 Å². The lowest BCUT2D eigenvalue weighted by molar-refractivity contribution is -0.140. The molecule has 54 heavy (non-hydrogen) atoms. The molecule has 8 heterocycles. The summed E-state index contributed by atoms with van der Waals surface area (Å²) in [6, 6.07) is 2.10. The summed E-state index contributed by atoms with van der Waals surface area (Å²) in [5.74, 6) is -0.972. The van der Waals surface area contributed by atoms with Crippen molar-refractivity contribution in [2.24, 2.45) is 0 Å².